The van der Waals surface area contributed by atoms with Crippen molar-refractivity contribution in [2.75, 3.05) is 6.61 Å². The van der Waals surface area contributed by atoms with Gasteiger partial charge in [0.2, 0.25) is 5.78 Å². The number of carbonyl (C=O) groups excluding carboxylic acids is 3. The van der Waals surface area contributed by atoms with E-state index in [0.29, 0.717) is 11.3 Å². The van der Waals surface area contributed by atoms with Gasteiger partial charge in [-0.15, -0.1) is 0 Å². The Morgan fingerprint density at radius 2 is 1.85 bits per heavy atom. The van der Waals surface area contributed by atoms with E-state index >= 15 is 0 Å². The van der Waals surface area contributed by atoms with Gasteiger partial charge in [-0.2, -0.15) is 0 Å². The van der Waals surface area contributed by atoms with E-state index < -0.39 is 35.2 Å². The largest absolute Gasteiger partial charge is 0.462 e. The van der Waals surface area contributed by atoms with Crippen molar-refractivity contribution >= 4 is 29.3 Å². The molecule has 0 radical (unpaired) electrons. The van der Waals surface area contributed by atoms with Crippen LogP contribution in [0.15, 0.2) is 18.2 Å². The number of aromatic amines is 1. The molecule has 8 heteroatoms. The zero-order valence-corrected chi connectivity index (χ0v) is 16.1. The minimum atomic E-state index is -1.22. The van der Waals surface area contributed by atoms with Crippen LogP contribution in [0.5, 0.6) is 0 Å². The van der Waals surface area contributed by atoms with E-state index in [2.05, 4.69) is 4.98 Å². The summed E-state index contributed by atoms with van der Waals surface area (Å²) in [5, 5.41) is -0.115. The molecular formula is C19H19ClFNO5. The van der Waals surface area contributed by atoms with Crippen LogP contribution in [0, 0.1) is 19.7 Å². The lowest BCUT2D eigenvalue weighted by Crippen LogP contribution is -2.26. The van der Waals surface area contributed by atoms with Crippen LogP contribution < -0.4 is 0 Å². The van der Waals surface area contributed by atoms with Gasteiger partial charge >= 0.3 is 11.9 Å². The third kappa shape index (κ3) is 4.19. The maximum absolute atomic E-state index is 13.8. The molecular weight excluding hydrogens is 377 g/mol. The van der Waals surface area contributed by atoms with Crippen LogP contribution in [-0.2, 0) is 9.47 Å². The molecule has 1 heterocycles. The van der Waals surface area contributed by atoms with E-state index in [1.165, 1.54) is 19.1 Å². The summed E-state index contributed by atoms with van der Waals surface area (Å²) in [5.74, 6) is -3.01. The monoisotopic (exact) mass is 395 g/mol. The second-order valence-corrected chi connectivity index (χ2v) is 6.26. The van der Waals surface area contributed by atoms with Crippen molar-refractivity contribution < 1.29 is 28.2 Å². The number of aryl methyl sites for hydroxylation is 1. The molecule has 1 aromatic heterocycles. The Bertz CT molecular complexity index is 885. The topological polar surface area (TPSA) is 85.5 Å². The van der Waals surface area contributed by atoms with Gasteiger partial charge in [0.05, 0.1) is 22.9 Å². The number of Topliss-reactive ketones (excluding diaryl/α,β-unsaturated/α-hetero) is 1. The Labute approximate surface area is 160 Å². The Balaban J connectivity index is 2.24. The van der Waals surface area contributed by atoms with E-state index in [9.17, 15) is 18.8 Å². The van der Waals surface area contributed by atoms with Crippen molar-refractivity contribution in [2.45, 2.75) is 33.8 Å². The summed E-state index contributed by atoms with van der Waals surface area (Å²) < 4.78 is 23.9. The predicted octanol–water partition coefficient (Wildman–Crippen LogP) is 4.03. The van der Waals surface area contributed by atoms with E-state index in [0.717, 1.165) is 6.07 Å². The molecule has 0 amide bonds. The van der Waals surface area contributed by atoms with Crippen LogP contribution in [0.25, 0.3) is 0 Å². The lowest BCUT2D eigenvalue weighted by Gasteiger charge is -2.13. The SMILES string of the molecule is CCOC(=O)c1c(C)[nH]c(C(=O)[C@@H](C)OC(=O)c2c(F)cccc2Cl)c1C. The molecule has 2 rings (SSSR count). The van der Waals surface area contributed by atoms with E-state index in [-0.39, 0.29) is 22.9 Å². The number of halogens is 2. The molecule has 0 saturated carbocycles. The fourth-order valence-electron chi connectivity index (χ4n) is 2.67. The number of rotatable bonds is 6. The van der Waals surface area contributed by atoms with Crippen LogP contribution in [0.4, 0.5) is 4.39 Å². The second-order valence-electron chi connectivity index (χ2n) is 5.85. The summed E-state index contributed by atoms with van der Waals surface area (Å²) in [6.07, 6.45) is -1.22. The number of carbonyl (C=O) groups is 3. The Kier molecular flexibility index (Phi) is 6.38. The zero-order valence-electron chi connectivity index (χ0n) is 15.3. The van der Waals surface area contributed by atoms with Crippen LogP contribution >= 0.6 is 11.6 Å². The average molecular weight is 396 g/mol. The van der Waals surface area contributed by atoms with Gasteiger partial charge in [0.25, 0.3) is 0 Å². The molecule has 0 spiro atoms. The first kappa shape index (κ1) is 20.6. The molecule has 0 bridgehead atoms. The average Bonchev–Trinajstić information content (AvgIpc) is 2.88. The standard InChI is InChI=1S/C19H19ClFNO5/c1-5-26-18(24)14-9(2)16(22-10(14)3)17(23)11(4)27-19(25)15-12(20)7-6-8-13(15)21/h6-8,11,22H,5H2,1-4H3/t11-/m1/s1. The number of H-pyrrole nitrogens is 1. The molecule has 0 fully saturated rings. The molecule has 0 aliphatic rings. The quantitative estimate of drug-likeness (QED) is 0.589. The highest BCUT2D eigenvalue weighted by Gasteiger charge is 2.29. The maximum atomic E-state index is 13.8. The number of esters is 2. The second kappa shape index (κ2) is 8.35. The Morgan fingerprint density at radius 3 is 2.44 bits per heavy atom. The molecule has 27 heavy (non-hydrogen) atoms. The summed E-state index contributed by atoms with van der Waals surface area (Å²) in [6.45, 7) is 6.45. The van der Waals surface area contributed by atoms with Crippen molar-refractivity contribution in [3.05, 3.63) is 57.1 Å². The number of benzene rings is 1. The fraction of sp³-hybridized carbons (Fsp3) is 0.316. The molecule has 2 aromatic rings. The highest BCUT2D eigenvalue weighted by molar-refractivity contribution is 6.33. The van der Waals surface area contributed by atoms with Crippen molar-refractivity contribution in [3.63, 3.8) is 0 Å². The molecule has 0 aliphatic carbocycles. The third-order valence-electron chi connectivity index (χ3n) is 3.98. The molecule has 1 atom stereocenters. The number of hydrogen-bond donors (Lipinski definition) is 1. The highest BCUT2D eigenvalue weighted by atomic mass is 35.5. The van der Waals surface area contributed by atoms with Gasteiger partial charge in [-0.05, 0) is 45.4 Å². The highest BCUT2D eigenvalue weighted by Crippen LogP contribution is 2.23. The summed E-state index contributed by atoms with van der Waals surface area (Å²) in [4.78, 5) is 39.7. The number of hydrogen-bond acceptors (Lipinski definition) is 5. The van der Waals surface area contributed by atoms with Crippen molar-refractivity contribution in [2.24, 2.45) is 0 Å². The first-order valence-electron chi connectivity index (χ1n) is 8.24. The first-order chi connectivity index (χ1) is 12.7. The lowest BCUT2D eigenvalue weighted by molar-refractivity contribution is 0.0312. The molecule has 1 aromatic carbocycles. The van der Waals surface area contributed by atoms with Gasteiger partial charge in [0.15, 0.2) is 6.10 Å². The smallest absolute Gasteiger partial charge is 0.343 e. The minimum Gasteiger partial charge on any atom is -0.462 e. The van der Waals surface area contributed by atoms with Gasteiger partial charge in [-0.25, -0.2) is 14.0 Å². The van der Waals surface area contributed by atoms with Crippen LogP contribution in [-0.4, -0.2) is 35.4 Å². The molecule has 144 valence electrons. The summed E-state index contributed by atoms with van der Waals surface area (Å²) >= 11 is 5.83. The van der Waals surface area contributed by atoms with E-state index in [1.54, 1.807) is 20.8 Å². The Morgan fingerprint density at radius 1 is 1.19 bits per heavy atom. The minimum absolute atomic E-state index is 0.115. The van der Waals surface area contributed by atoms with Crippen molar-refractivity contribution in [1.29, 1.82) is 0 Å². The van der Waals surface area contributed by atoms with E-state index in [4.69, 9.17) is 21.1 Å². The lowest BCUT2D eigenvalue weighted by atomic mass is 10.1. The molecule has 0 aliphatic heterocycles. The molecule has 0 unspecified atom stereocenters. The molecule has 6 nitrogen and oxygen atoms in total. The summed E-state index contributed by atoms with van der Waals surface area (Å²) in [5.41, 5.74) is 0.796. The van der Waals surface area contributed by atoms with Crippen molar-refractivity contribution in [1.82, 2.24) is 4.98 Å². The Hall–Kier alpha value is -2.67. The van der Waals surface area contributed by atoms with Gasteiger partial charge in [-0.3, -0.25) is 4.79 Å². The van der Waals surface area contributed by atoms with Gasteiger partial charge in [0, 0.05) is 5.69 Å². The van der Waals surface area contributed by atoms with Crippen LogP contribution in [0.1, 0.15) is 56.3 Å². The number of aromatic nitrogens is 1. The van der Waals surface area contributed by atoms with Gasteiger partial charge in [-0.1, -0.05) is 17.7 Å². The zero-order chi connectivity index (χ0) is 20.3. The van der Waals surface area contributed by atoms with Crippen LogP contribution in [0.3, 0.4) is 0 Å². The molecule has 0 saturated heterocycles. The summed E-state index contributed by atoms with van der Waals surface area (Å²) in [6, 6.07) is 3.77. The number of ether oxygens (including phenoxy) is 2. The number of nitrogens with one attached hydrogen (secondary N) is 1. The fourth-order valence-corrected chi connectivity index (χ4v) is 2.92. The summed E-state index contributed by atoms with van der Waals surface area (Å²) in [7, 11) is 0. The molecule has 1 N–H and O–H groups in total. The van der Waals surface area contributed by atoms with Gasteiger partial charge < -0.3 is 14.5 Å². The first-order valence-corrected chi connectivity index (χ1v) is 8.62. The maximum Gasteiger partial charge on any atom is 0.343 e. The van der Waals surface area contributed by atoms with Gasteiger partial charge in [0.1, 0.15) is 11.4 Å². The van der Waals surface area contributed by atoms with E-state index in [1.807, 2.05) is 0 Å². The third-order valence-corrected chi connectivity index (χ3v) is 4.30. The number of ketones is 1. The van der Waals surface area contributed by atoms with Crippen molar-refractivity contribution in [3.8, 4) is 0 Å². The van der Waals surface area contributed by atoms with Crippen LogP contribution in [0.2, 0.25) is 5.02 Å². The normalized spacial score (nSPS) is 11.8. The predicted molar refractivity (Wildman–Crippen MR) is 96.8 cm³/mol.